The summed E-state index contributed by atoms with van der Waals surface area (Å²) in [5, 5.41) is 5.03. The third-order valence-electron chi connectivity index (χ3n) is 3.22. The van der Waals surface area contributed by atoms with Crippen molar-refractivity contribution in [2.45, 2.75) is 44.2 Å². The van der Waals surface area contributed by atoms with Gasteiger partial charge in [0, 0.05) is 35.3 Å². The van der Waals surface area contributed by atoms with Gasteiger partial charge in [-0.05, 0) is 31.4 Å². The molecule has 16 heavy (non-hydrogen) atoms. The molecule has 1 aliphatic heterocycles. The average Bonchev–Trinajstić information content (AvgIpc) is 3.08. The Labute approximate surface area is 105 Å². The van der Waals surface area contributed by atoms with Crippen LogP contribution in [0, 0.1) is 0 Å². The topological polar surface area (TPSA) is 24.9 Å². The van der Waals surface area contributed by atoms with Crippen LogP contribution in [0.25, 0.3) is 0 Å². The lowest BCUT2D eigenvalue weighted by Gasteiger charge is -2.22. The van der Waals surface area contributed by atoms with Crippen molar-refractivity contribution in [3.8, 4) is 0 Å². The molecule has 1 aliphatic carbocycles. The Hall–Kier alpha value is -0.0600. The first-order valence-corrected chi connectivity index (χ1v) is 8.14. The number of aromatic nitrogens is 1. The Balaban J connectivity index is 1.49. The summed E-state index contributed by atoms with van der Waals surface area (Å²) in [5.41, 5.74) is 0. The van der Waals surface area contributed by atoms with Gasteiger partial charge in [-0.3, -0.25) is 0 Å². The van der Waals surface area contributed by atoms with Crippen LogP contribution in [0.2, 0.25) is 0 Å². The summed E-state index contributed by atoms with van der Waals surface area (Å²) in [6, 6.07) is 0.727. The highest BCUT2D eigenvalue weighted by Gasteiger charge is 2.26. The maximum atomic E-state index is 4.52. The Morgan fingerprint density at radius 1 is 1.38 bits per heavy atom. The smallest absolute Gasteiger partial charge is 0.0959 e. The van der Waals surface area contributed by atoms with Crippen LogP contribution in [0.3, 0.4) is 0 Å². The van der Waals surface area contributed by atoms with Crippen LogP contribution < -0.4 is 5.32 Å². The average molecular weight is 254 g/mol. The van der Waals surface area contributed by atoms with Gasteiger partial charge in [0.1, 0.15) is 0 Å². The predicted octanol–water partition coefficient (Wildman–Crippen LogP) is 3.01. The van der Waals surface area contributed by atoms with Crippen molar-refractivity contribution in [2.75, 3.05) is 11.5 Å². The highest BCUT2D eigenvalue weighted by molar-refractivity contribution is 7.99. The van der Waals surface area contributed by atoms with E-state index in [-0.39, 0.29) is 0 Å². The molecule has 2 fully saturated rings. The lowest BCUT2D eigenvalue weighted by molar-refractivity contribution is 0.510. The first kappa shape index (κ1) is 11.1. The first-order valence-electron chi connectivity index (χ1n) is 6.17. The minimum atomic E-state index is 0.727. The summed E-state index contributed by atoms with van der Waals surface area (Å²) in [6.07, 6.45) is 7.51. The second-order valence-electron chi connectivity index (χ2n) is 4.73. The van der Waals surface area contributed by atoms with E-state index in [9.17, 15) is 0 Å². The highest BCUT2D eigenvalue weighted by Crippen LogP contribution is 2.41. The molecule has 0 amide bonds. The maximum absolute atomic E-state index is 4.52. The monoisotopic (exact) mass is 254 g/mol. The van der Waals surface area contributed by atoms with Crippen molar-refractivity contribution in [3.63, 3.8) is 0 Å². The van der Waals surface area contributed by atoms with E-state index in [1.165, 1.54) is 47.1 Å². The molecule has 0 aromatic carbocycles. The summed E-state index contributed by atoms with van der Waals surface area (Å²) in [5.74, 6) is 3.45. The fourth-order valence-electron chi connectivity index (χ4n) is 2.07. The Morgan fingerprint density at radius 2 is 2.31 bits per heavy atom. The van der Waals surface area contributed by atoms with Crippen molar-refractivity contribution in [2.24, 2.45) is 0 Å². The van der Waals surface area contributed by atoms with Gasteiger partial charge < -0.3 is 5.32 Å². The summed E-state index contributed by atoms with van der Waals surface area (Å²) >= 11 is 4.00. The van der Waals surface area contributed by atoms with Crippen molar-refractivity contribution in [3.05, 3.63) is 16.1 Å². The molecule has 1 N–H and O–H groups in total. The van der Waals surface area contributed by atoms with Gasteiger partial charge in [0.05, 0.1) is 5.01 Å². The predicted molar refractivity (Wildman–Crippen MR) is 71.3 cm³/mol. The van der Waals surface area contributed by atoms with Gasteiger partial charge in [-0.2, -0.15) is 11.8 Å². The third-order valence-corrected chi connectivity index (χ3v) is 5.60. The van der Waals surface area contributed by atoms with E-state index < -0.39 is 0 Å². The molecule has 4 heteroatoms. The van der Waals surface area contributed by atoms with E-state index in [1.807, 2.05) is 11.3 Å². The van der Waals surface area contributed by atoms with E-state index >= 15 is 0 Å². The molecule has 1 saturated carbocycles. The zero-order chi connectivity index (χ0) is 10.8. The highest BCUT2D eigenvalue weighted by atomic mass is 32.2. The van der Waals surface area contributed by atoms with E-state index in [1.54, 1.807) is 0 Å². The molecule has 2 nitrogen and oxygen atoms in total. The molecule has 1 atom stereocenters. The van der Waals surface area contributed by atoms with E-state index in [2.05, 4.69) is 28.3 Å². The molecule has 1 aromatic rings. The molecule has 2 aliphatic rings. The molecule has 3 rings (SSSR count). The SMILES string of the molecule is c1nc(C2CC2)sc1CNC1CCCSC1. The van der Waals surface area contributed by atoms with Crippen molar-refractivity contribution < 1.29 is 0 Å². The summed E-state index contributed by atoms with van der Waals surface area (Å²) in [7, 11) is 0. The molecule has 1 aromatic heterocycles. The van der Waals surface area contributed by atoms with Gasteiger partial charge in [-0.1, -0.05) is 0 Å². The minimum absolute atomic E-state index is 0.727. The van der Waals surface area contributed by atoms with Crippen LogP contribution in [0.4, 0.5) is 0 Å². The number of thiazole rings is 1. The number of thioether (sulfide) groups is 1. The van der Waals surface area contributed by atoms with E-state index in [0.717, 1.165) is 18.5 Å². The standard InChI is InChI=1S/C12H18N2S2/c1-2-10(8-15-5-1)13-6-11-7-14-12(16-11)9-3-4-9/h7,9-10,13H,1-6,8H2. The van der Waals surface area contributed by atoms with Gasteiger partial charge in [0.15, 0.2) is 0 Å². The normalized spacial score (nSPS) is 25.9. The molecular formula is C12H18N2S2. The van der Waals surface area contributed by atoms with Gasteiger partial charge in [0.2, 0.25) is 0 Å². The van der Waals surface area contributed by atoms with Crippen LogP contribution >= 0.6 is 23.1 Å². The van der Waals surface area contributed by atoms with Crippen LogP contribution in [0.15, 0.2) is 6.20 Å². The number of hydrogen-bond acceptors (Lipinski definition) is 4. The molecule has 1 unspecified atom stereocenters. The van der Waals surface area contributed by atoms with E-state index in [4.69, 9.17) is 0 Å². The first-order chi connectivity index (χ1) is 7.92. The second-order valence-corrected chi connectivity index (χ2v) is 7.03. The van der Waals surface area contributed by atoms with Crippen molar-refractivity contribution in [1.29, 1.82) is 0 Å². The fraction of sp³-hybridized carbons (Fsp3) is 0.750. The zero-order valence-electron chi connectivity index (χ0n) is 9.45. The molecule has 0 spiro atoms. The lowest BCUT2D eigenvalue weighted by atomic mass is 10.2. The minimum Gasteiger partial charge on any atom is -0.308 e. The van der Waals surface area contributed by atoms with Crippen LogP contribution in [-0.4, -0.2) is 22.5 Å². The molecule has 0 radical (unpaired) electrons. The van der Waals surface area contributed by atoms with Crippen LogP contribution in [0.1, 0.15) is 41.5 Å². The molecule has 0 bridgehead atoms. The second kappa shape index (κ2) is 5.07. The van der Waals surface area contributed by atoms with E-state index in [0.29, 0.717) is 0 Å². The van der Waals surface area contributed by atoms with Crippen LogP contribution in [0.5, 0.6) is 0 Å². The Kier molecular flexibility index (Phi) is 3.50. The Morgan fingerprint density at radius 3 is 3.06 bits per heavy atom. The number of nitrogens with one attached hydrogen (secondary N) is 1. The van der Waals surface area contributed by atoms with Gasteiger partial charge in [-0.25, -0.2) is 4.98 Å². The molecular weight excluding hydrogens is 236 g/mol. The largest absolute Gasteiger partial charge is 0.308 e. The van der Waals surface area contributed by atoms with Gasteiger partial charge >= 0.3 is 0 Å². The Bertz CT molecular complexity index is 341. The van der Waals surface area contributed by atoms with Crippen molar-refractivity contribution >= 4 is 23.1 Å². The number of nitrogens with zero attached hydrogens (tertiary/aromatic N) is 1. The fourth-order valence-corrected chi connectivity index (χ4v) is 4.21. The van der Waals surface area contributed by atoms with Crippen molar-refractivity contribution in [1.82, 2.24) is 10.3 Å². The third kappa shape index (κ3) is 2.79. The zero-order valence-corrected chi connectivity index (χ0v) is 11.1. The number of hydrogen-bond donors (Lipinski definition) is 1. The van der Waals surface area contributed by atoms with Crippen LogP contribution in [-0.2, 0) is 6.54 Å². The molecule has 88 valence electrons. The molecule has 1 saturated heterocycles. The maximum Gasteiger partial charge on any atom is 0.0959 e. The quantitative estimate of drug-likeness (QED) is 0.894. The number of rotatable bonds is 4. The molecule has 2 heterocycles. The van der Waals surface area contributed by atoms with Gasteiger partial charge in [-0.15, -0.1) is 11.3 Å². The summed E-state index contributed by atoms with van der Waals surface area (Å²) in [4.78, 5) is 5.93. The summed E-state index contributed by atoms with van der Waals surface area (Å²) < 4.78 is 0. The van der Waals surface area contributed by atoms with Gasteiger partial charge in [0.25, 0.3) is 0 Å². The lowest BCUT2D eigenvalue weighted by Crippen LogP contribution is -2.32. The summed E-state index contributed by atoms with van der Waals surface area (Å²) in [6.45, 7) is 1.02.